The van der Waals surface area contributed by atoms with E-state index < -0.39 is 0 Å². The fourth-order valence-corrected chi connectivity index (χ4v) is 3.40. The minimum Gasteiger partial charge on any atom is -0.0898 e. The minimum atomic E-state index is 0.675. The van der Waals surface area contributed by atoms with Gasteiger partial charge in [0.15, 0.2) is 0 Å². The first-order chi connectivity index (χ1) is 10.2. The maximum atomic E-state index is 2.29. The van der Waals surface area contributed by atoms with Gasteiger partial charge in [0.05, 0.1) is 0 Å². The summed E-state index contributed by atoms with van der Waals surface area (Å²) in [6.07, 6.45) is 2.42. The number of aryl methyl sites for hydroxylation is 1. The van der Waals surface area contributed by atoms with Gasteiger partial charge in [0, 0.05) is 9.79 Å². The highest BCUT2D eigenvalue weighted by Gasteiger charge is 2.12. The Labute approximate surface area is 135 Å². The lowest BCUT2D eigenvalue weighted by molar-refractivity contribution is 0.631. The SMILES string of the molecule is CC.CCC(CC)c1ccccc1Sc1ccc(C)cc1. The average molecular weight is 301 g/mol. The molecule has 2 aromatic rings. The van der Waals surface area contributed by atoms with E-state index in [0.29, 0.717) is 5.92 Å². The molecule has 0 saturated heterocycles. The van der Waals surface area contributed by atoms with Gasteiger partial charge in [-0.25, -0.2) is 0 Å². The number of hydrogen-bond acceptors (Lipinski definition) is 1. The summed E-state index contributed by atoms with van der Waals surface area (Å²) < 4.78 is 0. The largest absolute Gasteiger partial charge is 0.0898 e. The van der Waals surface area contributed by atoms with Gasteiger partial charge in [-0.3, -0.25) is 0 Å². The molecule has 0 aliphatic rings. The van der Waals surface area contributed by atoms with Crippen molar-refractivity contribution in [2.45, 2.75) is 63.2 Å². The Morgan fingerprint density at radius 1 is 0.857 bits per heavy atom. The van der Waals surface area contributed by atoms with E-state index in [1.165, 1.54) is 33.8 Å². The Morgan fingerprint density at radius 3 is 2.00 bits per heavy atom. The molecule has 0 unspecified atom stereocenters. The Hall–Kier alpha value is -1.21. The predicted octanol–water partition coefficient (Wildman–Crippen LogP) is 7.08. The van der Waals surface area contributed by atoms with E-state index in [2.05, 4.69) is 69.3 Å². The quantitative estimate of drug-likeness (QED) is 0.568. The van der Waals surface area contributed by atoms with Crippen LogP contribution >= 0.6 is 11.8 Å². The first-order valence-electron chi connectivity index (χ1n) is 8.08. The molecule has 0 N–H and O–H groups in total. The standard InChI is InChI=1S/C18H22S.C2H6/c1-4-15(5-2)17-8-6-7-9-18(17)19-16-12-10-14(3)11-13-16;1-2/h6-13,15H,4-5H2,1-3H3;1-2H3. The van der Waals surface area contributed by atoms with Crippen molar-refractivity contribution in [3.8, 4) is 0 Å². The lowest BCUT2D eigenvalue weighted by atomic mass is 9.94. The van der Waals surface area contributed by atoms with Crippen molar-refractivity contribution in [3.63, 3.8) is 0 Å². The van der Waals surface area contributed by atoms with Crippen LogP contribution in [0.15, 0.2) is 58.3 Å². The van der Waals surface area contributed by atoms with Crippen LogP contribution in [0, 0.1) is 6.92 Å². The maximum absolute atomic E-state index is 2.29. The molecule has 0 bridgehead atoms. The second-order valence-corrected chi connectivity index (χ2v) is 6.08. The van der Waals surface area contributed by atoms with Crippen molar-refractivity contribution in [1.29, 1.82) is 0 Å². The first kappa shape index (κ1) is 17.8. The van der Waals surface area contributed by atoms with E-state index in [1.807, 2.05) is 25.6 Å². The van der Waals surface area contributed by atoms with Crippen molar-refractivity contribution < 1.29 is 0 Å². The molecule has 0 amide bonds. The molecule has 2 rings (SSSR count). The summed E-state index contributed by atoms with van der Waals surface area (Å²) in [6, 6.07) is 17.6. The summed E-state index contributed by atoms with van der Waals surface area (Å²) in [5.41, 5.74) is 2.82. The monoisotopic (exact) mass is 300 g/mol. The van der Waals surface area contributed by atoms with Gasteiger partial charge in [-0.2, -0.15) is 0 Å². The van der Waals surface area contributed by atoms with Gasteiger partial charge in [-0.05, 0) is 49.4 Å². The van der Waals surface area contributed by atoms with Crippen molar-refractivity contribution in [1.82, 2.24) is 0 Å². The molecule has 0 fully saturated rings. The van der Waals surface area contributed by atoms with Gasteiger partial charge < -0.3 is 0 Å². The van der Waals surface area contributed by atoms with Gasteiger partial charge >= 0.3 is 0 Å². The smallest absolute Gasteiger partial charge is 0.0157 e. The van der Waals surface area contributed by atoms with Crippen LogP contribution < -0.4 is 0 Å². The van der Waals surface area contributed by atoms with Crippen LogP contribution in [0.2, 0.25) is 0 Å². The second kappa shape index (κ2) is 9.68. The predicted molar refractivity (Wildman–Crippen MR) is 96.4 cm³/mol. The molecule has 2 aromatic carbocycles. The molecule has 0 heterocycles. The molecule has 1 heteroatoms. The Balaban J connectivity index is 0.00000106. The lowest BCUT2D eigenvalue weighted by Crippen LogP contribution is -1.97. The van der Waals surface area contributed by atoms with Crippen LogP contribution in [0.4, 0.5) is 0 Å². The van der Waals surface area contributed by atoms with E-state index in [9.17, 15) is 0 Å². The van der Waals surface area contributed by atoms with Crippen LogP contribution in [-0.2, 0) is 0 Å². The summed E-state index contributed by atoms with van der Waals surface area (Å²) >= 11 is 1.88. The number of rotatable bonds is 5. The van der Waals surface area contributed by atoms with Crippen LogP contribution in [0.1, 0.15) is 57.6 Å². The summed E-state index contributed by atoms with van der Waals surface area (Å²) in [5, 5.41) is 0. The number of benzene rings is 2. The van der Waals surface area contributed by atoms with Crippen LogP contribution in [0.3, 0.4) is 0 Å². The van der Waals surface area contributed by atoms with E-state index in [0.717, 1.165) is 0 Å². The van der Waals surface area contributed by atoms with Gasteiger partial charge in [-0.15, -0.1) is 0 Å². The van der Waals surface area contributed by atoms with Crippen molar-refractivity contribution in [3.05, 3.63) is 59.7 Å². The summed E-state index contributed by atoms with van der Waals surface area (Å²) in [7, 11) is 0. The molecule has 0 radical (unpaired) electrons. The molecule has 0 nitrogen and oxygen atoms in total. The highest BCUT2D eigenvalue weighted by atomic mass is 32.2. The molecule has 114 valence electrons. The Morgan fingerprint density at radius 2 is 1.43 bits per heavy atom. The number of hydrogen-bond donors (Lipinski definition) is 0. The van der Waals surface area contributed by atoms with Gasteiger partial charge in [0.1, 0.15) is 0 Å². The van der Waals surface area contributed by atoms with Crippen LogP contribution in [0.25, 0.3) is 0 Å². The third-order valence-corrected chi connectivity index (χ3v) is 4.69. The molecule has 0 atom stereocenters. The zero-order valence-corrected chi connectivity index (χ0v) is 14.8. The summed E-state index contributed by atoms with van der Waals surface area (Å²) in [4.78, 5) is 2.73. The minimum absolute atomic E-state index is 0.675. The van der Waals surface area contributed by atoms with Gasteiger partial charge in [0.2, 0.25) is 0 Å². The van der Waals surface area contributed by atoms with Gasteiger partial charge in [0.25, 0.3) is 0 Å². The molecule has 0 spiro atoms. The average Bonchev–Trinajstić information content (AvgIpc) is 2.54. The van der Waals surface area contributed by atoms with Crippen molar-refractivity contribution in [2.24, 2.45) is 0 Å². The third-order valence-electron chi connectivity index (χ3n) is 3.59. The molecule has 0 aliphatic heterocycles. The fraction of sp³-hybridized carbons (Fsp3) is 0.400. The zero-order chi connectivity index (χ0) is 15.7. The van der Waals surface area contributed by atoms with E-state index in [4.69, 9.17) is 0 Å². The molecule has 21 heavy (non-hydrogen) atoms. The fourth-order valence-electron chi connectivity index (χ4n) is 2.37. The van der Waals surface area contributed by atoms with Crippen LogP contribution in [0.5, 0.6) is 0 Å². The van der Waals surface area contributed by atoms with E-state index in [-0.39, 0.29) is 0 Å². The van der Waals surface area contributed by atoms with Crippen LogP contribution in [-0.4, -0.2) is 0 Å². The summed E-state index contributed by atoms with van der Waals surface area (Å²) in [5.74, 6) is 0.675. The molecule has 0 aliphatic carbocycles. The zero-order valence-electron chi connectivity index (χ0n) is 14.0. The maximum Gasteiger partial charge on any atom is 0.0157 e. The van der Waals surface area contributed by atoms with Crippen molar-refractivity contribution in [2.75, 3.05) is 0 Å². The van der Waals surface area contributed by atoms with E-state index >= 15 is 0 Å². The first-order valence-corrected chi connectivity index (χ1v) is 8.89. The molecular formula is C20H28S. The van der Waals surface area contributed by atoms with E-state index in [1.54, 1.807) is 0 Å². The highest BCUT2D eigenvalue weighted by molar-refractivity contribution is 7.99. The Bertz CT molecular complexity index is 510. The molecule has 0 aromatic heterocycles. The summed E-state index contributed by atoms with van der Waals surface area (Å²) in [6.45, 7) is 10.7. The Kier molecular flexibility index (Phi) is 8.22. The molecule has 0 saturated carbocycles. The lowest BCUT2D eigenvalue weighted by Gasteiger charge is -2.17. The highest BCUT2D eigenvalue weighted by Crippen LogP contribution is 2.36. The molecular weight excluding hydrogens is 272 g/mol. The topological polar surface area (TPSA) is 0 Å². The van der Waals surface area contributed by atoms with Gasteiger partial charge in [-0.1, -0.05) is 75.4 Å². The third kappa shape index (κ3) is 5.24. The second-order valence-electron chi connectivity index (χ2n) is 4.97. The van der Waals surface area contributed by atoms with Crippen molar-refractivity contribution >= 4 is 11.8 Å². The normalized spacial score (nSPS) is 10.2.